The predicted molar refractivity (Wildman–Crippen MR) is 67.4 cm³/mol. The maximum absolute atomic E-state index is 11.2. The van der Waals surface area contributed by atoms with Crippen LogP contribution < -0.4 is 0 Å². The number of benzene rings is 1. The van der Waals surface area contributed by atoms with Crippen molar-refractivity contribution in [1.82, 2.24) is 0 Å². The maximum Gasteiger partial charge on any atom is 0.311 e. The minimum absolute atomic E-state index is 0.364. The van der Waals surface area contributed by atoms with Crippen LogP contribution in [0.2, 0.25) is 5.02 Å². The predicted octanol–water partition coefficient (Wildman–Crippen LogP) is 3.06. The molecule has 0 aliphatic heterocycles. The largest absolute Gasteiger partial charge is 0.481 e. The third-order valence-electron chi connectivity index (χ3n) is 2.62. The number of carboxylic acid groups (broad SMARTS) is 1. The summed E-state index contributed by atoms with van der Waals surface area (Å²) in [5, 5.41) is 19.3. The van der Waals surface area contributed by atoms with Crippen molar-refractivity contribution < 1.29 is 15.0 Å². The van der Waals surface area contributed by atoms with Crippen LogP contribution in [0, 0.1) is 0 Å². The van der Waals surface area contributed by atoms with E-state index in [1.165, 1.54) is 0 Å². The highest BCUT2D eigenvalue weighted by Crippen LogP contribution is 2.30. The van der Waals surface area contributed by atoms with Gasteiger partial charge >= 0.3 is 5.97 Å². The average molecular weight is 257 g/mol. The number of halogens is 1. The van der Waals surface area contributed by atoms with Crippen LogP contribution in [0.15, 0.2) is 24.3 Å². The highest BCUT2D eigenvalue weighted by Gasteiger charge is 2.24. The molecule has 0 aliphatic carbocycles. The second-order valence-electron chi connectivity index (χ2n) is 4.76. The van der Waals surface area contributed by atoms with E-state index in [4.69, 9.17) is 11.6 Å². The quantitative estimate of drug-likeness (QED) is 0.851. The van der Waals surface area contributed by atoms with Crippen molar-refractivity contribution in [3.05, 3.63) is 34.9 Å². The van der Waals surface area contributed by atoms with Crippen molar-refractivity contribution in [1.29, 1.82) is 0 Å². The Hall–Kier alpha value is -1.06. The van der Waals surface area contributed by atoms with Crippen LogP contribution in [0.5, 0.6) is 0 Å². The highest BCUT2D eigenvalue weighted by molar-refractivity contribution is 6.31. The van der Waals surface area contributed by atoms with Crippen LogP contribution in [0.4, 0.5) is 0 Å². The standard InChI is InChI=1S/C13H17ClO3/c1-13(2,17)8-7-10(12(15)16)9-5-3-4-6-11(9)14/h3-6,10,17H,7-8H2,1-2H3,(H,15,16). The molecule has 17 heavy (non-hydrogen) atoms. The van der Waals surface area contributed by atoms with Crippen LogP contribution in [0.3, 0.4) is 0 Å². The van der Waals surface area contributed by atoms with E-state index in [1.54, 1.807) is 38.1 Å². The minimum atomic E-state index is -0.914. The van der Waals surface area contributed by atoms with Gasteiger partial charge in [0.2, 0.25) is 0 Å². The van der Waals surface area contributed by atoms with Crippen molar-refractivity contribution in [3.63, 3.8) is 0 Å². The van der Waals surface area contributed by atoms with Crippen molar-refractivity contribution >= 4 is 17.6 Å². The first-order valence-corrected chi connectivity index (χ1v) is 5.88. The van der Waals surface area contributed by atoms with E-state index >= 15 is 0 Å². The van der Waals surface area contributed by atoms with Gasteiger partial charge in [-0.05, 0) is 38.3 Å². The Morgan fingerprint density at radius 3 is 2.47 bits per heavy atom. The molecular weight excluding hydrogens is 240 g/mol. The minimum Gasteiger partial charge on any atom is -0.481 e. The third-order valence-corrected chi connectivity index (χ3v) is 2.97. The van der Waals surface area contributed by atoms with Gasteiger partial charge < -0.3 is 10.2 Å². The Bertz CT molecular complexity index is 396. The van der Waals surface area contributed by atoms with Gasteiger partial charge in [-0.2, -0.15) is 0 Å². The number of aliphatic hydroxyl groups is 1. The van der Waals surface area contributed by atoms with Crippen LogP contribution >= 0.6 is 11.6 Å². The number of aliphatic carboxylic acids is 1. The Morgan fingerprint density at radius 1 is 1.41 bits per heavy atom. The fourth-order valence-electron chi connectivity index (χ4n) is 1.67. The molecule has 1 unspecified atom stereocenters. The van der Waals surface area contributed by atoms with Crippen LogP contribution in [-0.4, -0.2) is 21.8 Å². The monoisotopic (exact) mass is 256 g/mol. The zero-order valence-corrected chi connectivity index (χ0v) is 10.7. The molecular formula is C13H17ClO3. The molecule has 2 N–H and O–H groups in total. The van der Waals surface area contributed by atoms with Gasteiger partial charge in [-0.15, -0.1) is 0 Å². The summed E-state index contributed by atoms with van der Waals surface area (Å²) in [4.78, 5) is 11.2. The van der Waals surface area contributed by atoms with E-state index < -0.39 is 17.5 Å². The first-order chi connectivity index (χ1) is 7.81. The smallest absolute Gasteiger partial charge is 0.311 e. The molecule has 0 saturated carbocycles. The molecule has 4 heteroatoms. The number of carbonyl (C=O) groups is 1. The molecule has 0 spiro atoms. The molecule has 0 radical (unpaired) electrons. The first kappa shape index (κ1) is 14.0. The SMILES string of the molecule is CC(C)(O)CCC(C(=O)O)c1ccccc1Cl. The second kappa shape index (κ2) is 5.52. The summed E-state index contributed by atoms with van der Waals surface area (Å²) in [5.41, 5.74) is -0.263. The van der Waals surface area contributed by atoms with E-state index in [-0.39, 0.29) is 0 Å². The summed E-state index contributed by atoms with van der Waals surface area (Å²) < 4.78 is 0. The van der Waals surface area contributed by atoms with Crippen molar-refractivity contribution in [2.75, 3.05) is 0 Å². The topological polar surface area (TPSA) is 57.5 Å². The Balaban J connectivity index is 2.88. The van der Waals surface area contributed by atoms with E-state index in [1.807, 2.05) is 0 Å². The number of hydrogen-bond acceptors (Lipinski definition) is 2. The van der Waals surface area contributed by atoms with Crippen molar-refractivity contribution in [2.24, 2.45) is 0 Å². The van der Waals surface area contributed by atoms with Gasteiger partial charge in [0.05, 0.1) is 11.5 Å². The van der Waals surface area contributed by atoms with Gasteiger partial charge in [-0.25, -0.2) is 0 Å². The molecule has 0 amide bonds. The van der Waals surface area contributed by atoms with E-state index in [0.29, 0.717) is 23.4 Å². The number of carboxylic acids is 1. The lowest BCUT2D eigenvalue weighted by Crippen LogP contribution is -2.22. The fourth-order valence-corrected chi connectivity index (χ4v) is 1.93. The normalized spacial score (nSPS) is 13.4. The van der Waals surface area contributed by atoms with Crippen molar-refractivity contribution in [2.45, 2.75) is 38.2 Å². The summed E-state index contributed by atoms with van der Waals surface area (Å²) in [6.07, 6.45) is 0.776. The molecule has 0 fully saturated rings. The summed E-state index contributed by atoms with van der Waals surface area (Å²) in [6.45, 7) is 3.33. The summed E-state index contributed by atoms with van der Waals surface area (Å²) >= 11 is 5.99. The molecule has 94 valence electrons. The Morgan fingerprint density at radius 2 is 2.00 bits per heavy atom. The molecule has 3 nitrogen and oxygen atoms in total. The zero-order valence-electron chi connectivity index (χ0n) is 9.98. The van der Waals surface area contributed by atoms with Gasteiger partial charge in [0.25, 0.3) is 0 Å². The summed E-state index contributed by atoms with van der Waals surface area (Å²) in [5.74, 6) is -1.59. The van der Waals surface area contributed by atoms with Gasteiger partial charge in [-0.1, -0.05) is 29.8 Å². The van der Waals surface area contributed by atoms with Crippen molar-refractivity contribution in [3.8, 4) is 0 Å². The lowest BCUT2D eigenvalue weighted by molar-refractivity contribution is -0.139. The third kappa shape index (κ3) is 4.36. The first-order valence-electron chi connectivity index (χ1n) is 5.51. The zero-order chi connectivity index (χ0) is 13.1. The lowest BCUT2D eigenvalue weighted by atomic mass is 9.90. The van der Waals surface area contributed by atoms with Gasteiger partial charge in [-0.3, -0.25) is 4.79 Å². The molecule has 0 bridgehead atoms. The van der Waals surface area contributed by atoms with E-state index in [0.717, 1.165) is 0 Å². The summed E-state index contributed by atoms with van der Waals surface area (Å²) in [7, 11) is 0. The Labute approximate surface area is 106 Å². The van der Waals surface area contributed by atoms with Gasteiger partial charge in [0.1, 0.15) is 0 Å². The molecule has 1 aromatic rings. The molecule has 0 saturated heterocycles. The van der Waals surface area contributed by atoms with Gasteiger partial charge in [0, 0.05) is 5.02 Å². The molecule has 0 aromatic heterocycles. The van der Waals surface area contributed by atoms with E-state index in [2.05, 4.69) is 0 Å². The van der Waals surface area contributed by atoms with Crippen LogP contribution in [0.1, 0.15) is 38.2 Å². The maximum atomic E-state index is 11.2. The molecule has 1 atom stereocenters. The molecule has 0 aliphatic rings. The average Bonchev–Trinajstić information content (AvgIpc) is 2.18. The molecule has 1 aromatic carbocycles. The second-order valence-corrected chi connectivity index (χ2v) is 5.17. The van der Waals surface area contributed by atoms with E-state index in [9.17, 15) is 15.0 Å². The molecule has 0 heterocycles. The van der Waals surface area contributed by atoms with Crippen LogP contribution in [-0.2, 0) is 4.79 Å². The number of hydrogen-bond donors (Lipinski definition) is 2. The number of rotatable bonds is 5. The van der Waals surface area contributed by atoms with Gasteiger partial charge in [0.15, 0.2) is 0 Å². The lowest BCUT2D eigenvalue weighted by Gasteiger charge is -2.20. The van der Waals surface area contributed by atoms with Crippen LogP contribution in [0.25, 0.3) is 0 Å². The summed E-state index contributed by atoms with van der Waals surface area (Å²) in [6, 6.07) is 6.92. The highest BCUT2D eigenvalue weighted by atomic mass is 35.5. The molecule has 1 rings (SSSR count). The fraction of sp³-hybridized carbons (Fsp3) is 0.462. The Kier molecular flexibility index (Phi) is 4.54.